The van der Waals surface area contributed by atoms with E-state index in [4.69, 9.17) is 21.2 Å². The molecule has 0 bridgehead atoms. The molecular weight excluding hydrogens is 512 g/mol. The molecule has 1 saturated heterocycles. The molecule has 34 heavy (non-hydrogen) atoms. The first-order chi connectivity index (χ1) is 16.2. The van der Waals surface area contributed by atoms with Crippen LogP contribution in [0.4, 0.5) is 4.79 Å². The number of carboxylic acid groups (broad SMARTS) is 1. The number of nitrogens with zero attached hydrogens (tertiary/aromatic N) is 2. The number of hydrogen-bond donors (Lipinski definition) is 3. The number of ether oxygens (including phenoxy) is 1. The number of halogens is 1. The van der Waals surface area contributed by atoms with Crippen LogP contribution in [0.2, 0.25) is 0 Å². The number of thioether (sulfide) groups is 1. The van der Waals surface area contributed by atoms with Crippen LogP contribution in [0.25, 0.3) is 0 Å². The van der Waals surface area contributed by atoms with Crippen LogP contribution in [0.15, 0.2) is 33.9 Å². The second-order valence-electron chi connectivity index (χ2n) is 6.81. The third-order valence-electron chi connectivity index (χ3n) is 4.54. The second kappa shape index (κ2) is 11.4. The largest absolute Gasteiger partial charge is 0.477 e. The quantitative estimate of drug-likeness (QED) is 0.104. The van der Waals surface area contributed by atoms with Crippen molar-refractivity contribution >= 4 is 70.3 Å². The fraction of sp³-hybridized carbons (Fsp3) is 0.368. The molecule has 2 aliphatic heterocycles. The van der Waals surface area contributed by atoms with Crippen molar-refractivity contribution < 1.29 is 38.7 Å². The van der Waals surface area contributed by atoms with E-state index < -0.39 is 41.3 Å². The maximum Gasteiger partial charge on any atom is 0.433 e. The lowest BCUT2D eigenvalue weighted by Gasteiger charge is -2.49. The fourth-order valence-corrected chi connectivity index (χ4v) is 5.20. The molecular formula is C19H19ClN4O8S2. The van der Waals surface area contributed by atoms with Crippen molar-refractivity contribution in [2.75, 3.05) is 24.8 Å². The van der Waals surface area contributed by atoms with Crippen LogP contribution in [-0.2, 0) is 28.8 Å². The number of carbonyl (C=O) groups is 5. The number of oxime groups is 1. The lowest BCUT2D eigenvalue weighted by Crippen LogP contribution is -2.71. The number of β-lactam (4-membered cyclic amide) rings is 1. The number of esters is 1. The number of carbonyl (C=O) groups excluding carboxylic acids is 4. The molecule has 0 aliphatic carbocycles. The van der Waals surface area contributed by atoms with Gasteiger partial charge >= 0.3 is 18.0 Å². The van der Waals surface area contributed by atoms with Crippen LogP contribution >= 0.6 is 34.7 Å². The standard InChI is InChI=1S/C19H19ClN4O8S2/c1-9(25)31-7-10-8-34-17-13(16(27)24(17)14(10)18(28)29)22-15(26)12(11-3-2-6-33-11)23-32-19(30)21-5-4-20/h2-3,6,13,17H,4-5,7-8H2,1H3,(H,21,30)(H,22,26)(H,28,29)/t13-,17+/m1/s1. The molecule has 0 aromatic carbocycles. The highest BCUT2D eigenvalue weighted by atomic mass is 35.5. The zero-order valence-electron chi connectivity index (χ0n) is 17.6. The number of fused-ring (bicyclic) bond motifs is 1. The normalized spacial score (nSPS) is 19.6. The Labute approximate surface area is 206 Å². The first-order valence-corrected chi connectivity index (χ1v) is 12.2. The number of rotatable bonds is 9. The van der Waals surface area contributed by atoms with Gasteiger partial charge in [-0.1, -0.05) is 11.2 Å². The van der Waals surface area contributed by atoms with Gasteiger partial charge in [-0.15, -0.1) is 34.7 Å². The lowest BCUT2D eigenvalue weighted by molar-refractivity contribution is -0.150. The predicted molar refractivity (Wildman–Crippen MR) is 122 cm³/mol. The number of alkyl halides is 1. The van der Waals surface area contributed by atoms with Crippen LogP contribution in [0.3, 0.4) is 0 Å². The van der Waals surface area contributed by atoms with Crippen LogP contribution in [0, 0.1) is 0 Å². The molecule has 0 saturated carbocycles. The molecule has 12 nitrogen and oxygen atoms in total. The summed E-state index contributed by atoms with van der Waals surface area (Å²) in [6.07, 6.45) is -0.909. The van der Waals surface area contributed by atoms with Crippen molar-refractivity contribution in [1.82, 2.24) is 15.5 Å². The predicted octanol–water partition coefficient (Wildman–Crippen LogP) is 0.719. The maximum absolute atomic E-state index is 12.9. The van der Waals surface area contributed by atoms with E-state index in [2.05, 4.69) is 15.8 Å². The molecule has 2 aliphatic rings. The lowest BCUT2D eigenvalue weighted by atomic mass is 10.0. The van der Waals surface area contributed by atoms with Crippen molar-refractivity contribution in [3.63, 3.8) is 0 Å². The average molecular weight is 531 g/mol. The molecule has 3 N–H and O–H groups in total. The fourth-order valence-electron chi connectivity index (χ4n) is 3.07. The van der Waals surface area contributed by atoms with Crippen LogP contribution in [-0.4, -0.2) is 81.8 Å². The highest BCUT2D eigenvalue weighted by molar-refractivity contribution is 8.00. The van der Waals surface area contributed by atoms with E-state index in [-0.39, 0.29) is 41.8 Å². The minimum absolute atomic E-state index is 0.140. The summed E-state index contributed by atoms with van der Waals surface area (Å²) < 4.78 is 4.89. The Balaban J connectivity index is 1.74. The summed E-state index contributed by atoms with van der Waals surface area (Å²) in [6, 6.07) is 2.22. The first-order valence-electron chi connectivity index (χ1n) is 9.71. The Bertz CT molecular complexity index is 1060. The van der Waals surface area contributed by atoms with Gasteiger partial charge in [0.25, 0.3) is 11.8 Å². The zero-order valence-corrected chi connectivity index (χ0v) is 20.0. The molecule has 3 heterocycles. The van der Waals surface area contributed by atoms with E-state index >= 15 is 0 Å². The van der Waals surface area contributed by atoms with Gasteiger partial charge in [-0.25, -0.2) is 9.59 Å². The summed E-state index contributed by atoms with van der Waals surface area (Å²) in [6.45, 7) is 1.08. The molecule has 0 spiro atoms. The van der Waals surface area contributed by atoms with Crippen LogP contribution < -0.4 is 10.6 Å². The van der Waals surface area contributed by atoms with E-state index in [1.165, 1.54) is 30.0 Å². The molecule has 1 aromatic heterocycles. The molecule has 1 fully saturated rings. The third-order valence-corrected chi connectivity index (χ3v) is 6.94. The summed E-state index contributed by atoms with van der Waals surface area (Å²) in [4.78, 5) is 66.4. The van der Waals surface area contributed by atoms with Crippen molar-refractivity contribution in [3.8, 4) is 0 Å². The van der Waals surface area contributed by atoms with Crippen LogP contribution in [0.5, 0.6) is 0 Å². The van der Waals surface area contributed by atoms with Crippen molar-refractivity contribution in [2.45, 2.75) is 18.3 Å². The van der Waals surface area contributed by atoms with Gasteiger partial charge in [0.15, 0.2) is 5.71 Å². The Kier molecular flexibility index (Phi) is 8.52. The topological polar surface area (TPSA) is 164 Å². The van der Waals surface area contributed by atoms with Gasteiger partial charge in [-0.3, -0.25) is 24.1 Å². The molecule has 0 unspecified atom stereocenters. The molecule has 182 valence electrons. The Hall–Kier alpha value is -3.10. The van der Waals surface area contributed by atoms with Gasteiger partial charge in [0, 0.05) is 30.7 Å². The van der Waals surface area contributed by atoms with E-state index in [0.29, 0.717) is 4.88 Å². The Morgan fingerprint density at radius 3 is 2.74 bits per heavy atom. The zero-order chi connectivity index (χ0) is 24.8. The number of thiophene rings is 1. The summed E-state index contributed by atoms with van der Waals surface area (Å²) in [7, 11) is 0. The molecule has 1 aromatic rings. The van der Waals surface area contributed by atoms with Crippen molar-refractivity contribution in [2.24, 2.45) is 5.16 Å². The van der Waals surface area contributed by atoms with Gasteiger partial charge in [-0.2, -0.15) is 0 Å². The second-order valence-corrected chi connectivity index (χ2v) is 9.24. The third kappa shape index (κ3) is 5.69. The smallest absolute Gasteiger partial charge is 0.433 e. The minimum atomic E-state index is -1.34. The molecule has 2 atom stereocenters. The summed E-state index contributed by atoms with van der Waals surface area (Å²) in [5.74, 6) is -3.00. The van der Waals surface area contributed by atoms with Crippen molar-refractivity contribution in [1.29, 1.82) is 0 Å². The van der Waals surface area contributed by atoms with Crippen LogP contribution in [0.1, 0.15) is 11.8 Å². The summed E-state index contributed by atoms with van der Waals surface area (Å²) in [5.41, 5.74) is -0.223. The van der Waals surface area contributed by atoms with E-state index in [1.54, 1.807) is 17.5 Å². The number of hydrogen-bond acceptors (Lipinski definition) is 10. The molecule has 0 radical (unpaired) electrons. The Morgan fingerprint density at radius 2 is 2.12 bits per heavy atom. The van der Waals surface area contributed by atoms with Crippen molar-refractivity contribution in [3.05, 3.63) is 33.7 Å². The van der Waals surface area contributed by atoms with E-state index in [0.717, 1.165) is 4.90 Å². The van der Waals surface area contributed by atoms with E-state index in [1.807, 2.05) is 0 Å². The number of aliphatic carboxylic acids is 1. The van der Waals surface area contributed by atoms with Gasteiger partial charge in [0.2, 0.25) is 0 Å². The molecule has 15 heteroatoms. The summed E-state index contributed by atoms with van der Waals surface area (Å²) >= 11 is 7.87. The number of nitrogens with one attached hydrogen (secondary N) is 2. The average Bonchev–Trinajstić information content (AvgIpc) is 3.33. The van der Waals surface area contributed by atoms with Gasteiger partial charge in [0.1, 0.15) is 23.7 Å². The first kappa shape index (κ1) is 25.5. The maximum atomic E-state index is 12.9. The number of carboxylic acids is 1. The monoisotopic (exact) mass is 530 g/mol. The van der Waals surface area contributed by atoms with Gasteiger partial charge in [-0.05, 0) is 11.4 Å². The highest BCUT2D eigenvalue weighted by Gasteiger charge is 2.54. The Morgan fingerprint density at radius 1 is 1.35 bits per heavy atom. The van der Waals surface area contributed by atoms with Gasteiger partial charge < -0.3 is 20.5 Å². The van der Waals surface area contributed by atoms with E-state index in [9.17, 15) is 29.1 Å². The SMILES string of the molecule is CC(=O)OCC1=C(C(=O)O)N2C(=O)[C@@H](NC(=O)C(=NOC(=O)NCCCl)c3cccs3)[C@@H]2SC1. The summed E-state index contributed by atoms with van der Waals surface area (Å²) in [5, 5.41) is 19.1. The highest BCUT2D eigenvalue weighted by Crippen LogP contribution is 2.40. The minimum Gasteiger partial charge on any atom is -0.477 e. The molecule has 3 amide bonds. The number of amides is 3. The van der Waals surface area contributed by atoms with Gasteiger partial charge in [0.05, 0.1) is 4.88 Å². The molecule has 3 rings (SSSR count).